The van der Waals surface area contributed by atoms with Crippen molar-refractivity contribution in [2.75, 3.05) is 13.1 Å². The minimum atomic E-state index is -0.346. The van der Waals surface area contributed by atoms with Crippen molar-refractivity contribution in [3.8, 4) is 0 Å². The molecule has 2 amide bonds. The van der Waals surface area contributed by atoms with Gasteiger partial charge < -0.3 is 15.1 Å². The molecule has 0 aliphatic rings. The van der Waals surface area contributed by atoms with E-state index in [0.29, 0.717) is 13.1 Å². The zero-order valence-corrected chi connectivity index (χ0v) is 16.7. The van der Waals surface area contributed by atoms with Crippen LogP contribution in [-0.2, 0) is 19.3 Å². The van der Waals surface area contributed by atoms with Crippen LogP contribution in [-0.4, -0.2) is 24.0 Å². The lowest BCUT2D eigenvalue weighted by atomic mass is 10.0. The molecule has 0 saturated heterocycles. The first kappa shape index (κ1) is 20.0. The van der Waals surface area contributed by atoms with Gasteiger partial charge >= 0.3 is 6.03 Å². The molecular weight excluding hydrogens is 348 g/mol. The average Bonchev–Trinajstić information content (AvgIpc) is 3.13. The van der Waals surface area contributed by atoms with E-state index < -0.39 is 0 Å². The molecule has 3 aromatic rings. The topological polar surface area (TPSA) is 59.5 Å². The van der Waals surface area contributed by atoms with E-state index in [9.17, 15) is 4.79 Å². The zero-order chi connectivity index (χ0) is 19.8. The fourth-order valence-corrected chi connectivity index (χ4v) is 3.67. The molecule has 0 unspecified atom stereocenters. The molecule has 0 saturated carbocycles. The number of carbonyl (C=O) groups is 1. The number of hydrogen-bond donors (Lipinski definition) is 1. The number of hydrogen-bond acceptors (Lipinski definition) is 2. The van der Waals surface area contributed by atoms with Crippen LogP contribution < -0.4 is 5.73 Å². The number of rotatable bonds is 10. The van der Waals surface area contributed by atoms with Gasteiger partial charge in [0.05, 0.1) is 0 Å². The maximum Gasteiger partial charge on any atom is 0.314 e. The largest absolute Gasteiger partial charge is 0.461 e. The Balaban J connectivity index is 1.54. The number of aryl methyl sites for hydroxylation is 3. The lowest BCUT2D eigenvalue weighted by Gasteiger charge is -2.17. The van der Waals surface area contributed by atoms with Gasteiger partial charge in [0, 0.05) is 24.9 Å². The van der Waals surface area contributed by atoms with Gasteiger partial charge in [-0.15, -0.1) is 0 Å². The maximum atomic E-state index is 11.3. The number of unbranched alkanes of at least 4 members (excludes halogenated alkanes) is 1. The molecule has 0 aliphatic carbocycles. The van der Waals surface area contributed by atoms with Gasteiger partial charge in [0.15, 0.2) is 0 Å². The molecule has 4 heteroatoms. The van der Waals surface area contributed by atoms with Crippen LogP contribution in [0.4, 0.5) is 4.79 Å². The molecule has 4 nitrogen and oxygen atoms in total. The Hall–Kier alpha value is -2.75. The lowest BCUT2D eigenvalue weighted by Crippen LogP contribution is -2.36. The van der Waals surface area contributed by atoms with Crippen LogP contribution in [0.1, 0.15) is 43.1 Å². The van der Waals surface area contributed by atoms with Crippen LogP contribution in [0.2, 0.25) is 0 Å². The minimum absolute atomic E-state index is 0.346. The number of nitrogens with two attached hydrogens (primary N) is 1. The highest BCUT2D eigenvalue weighted by Crippen LogP contribution is 2.25. The Morgan fingerprint density at radius 1 is 0.964 bits per heavy atom. The molecule has 0 spiro atoms. The Morgan fingerprint density at radius 3 is 2.50 bits per heavy atom. The number of benzene rings is 2. The van der Waals surface area contributed by atoms with Crippen LogP contribution in [0.3, 0.4) is 0 Å². The number of primary amides is 1. The SMILES string of the molecule is CCN(CCCc1cccc2oc(CCCCc3ccccc3)cc12)C(N)=O. The zero-order valence-electron chi connectivity index (χ0n) is 16.7. The predicted octanol–water partition coefficient (Wildman–Crippen LogP) is 5.33. The van der Waals surface area contributed by atoms with Crippen molar-refractivity contribution in [3.63, 3.8) is 0 Å². The van der Waals surface area contributed by atoms with E-state index >= 15 is 0 Å². The molecule has 0 radical (unpaired) electrons. The normalized spacial score (nSPS) is 11.0. The summed E-state index contributed by atoms with van der Waals surface area (Å²) in [5.74, 6) is 1.06. The summed E-state index contributed by atoms with van der Waals surface area (Å²) in [5.41, 5.74) is 9.01. The van der Waals surface area contributed by atoms with Crippen molar-refractivity contribution in [1.29, 1.82) is 0 Å². The van der Waals surface area contributed by atoms with E-state index in [1.54, 1.807) is 4.90 Å². The third-order valence-electron chi connectivity index (χ3n) is 5.25. The van der Waals surface area contributed by atoms with Gasteiger partial charge in [-0.3, -0.25) is 0 Å². The summed E-state index contributed by atoms with van der Waals surface area (Å²) in [6.45, 7) is 3.29. The van der Waals surface area contributed by atoms with Crippen LogP contribution >= 0.6 is 0 Å². The van der Waals surface area contributed by atoms with E-state index in [0.717, 1.165) is 49.9 Å². The van der Waals surface area contributed by atoms with Gasteiger partial charge in [0.2, 0.25) is 0 Å². The molecule has 2 N–H and O–H groups in total. The Labute approximate surface area is 167 Å². The van der Waals surface area contributed by atoms with Gasteiger partial charge in [0.1, 0.15) is 11.3 Å². The van der Waals surface area contributed by atoms with Crippen molar-refractivity contribution >= 4 is 17.0 Å². The molecule has 148 valence electrons. The highest BCUT2D eigenvalue weighted by molar-refractivity contribution is 5.81. The summed E-state index contributed by atoms with van der Waals surface area (Å²) in [5, 5.41) is 1.20. The number of amides is 2. The van der Waals surface area contributed by atoms with Gasteiger partial charge in [0.25, 0.3) is 0 Å². The highest BCUT2D eigenvalue weighted by atomic mass is 16.3. The van der Waals surface area contributed by atoms with E-state index in [2.05, 4.69) is 42.5 Å². The molecule has 1 heterocycles. The van der Waals surface area contributed by atoms with Crippen molar-refractivity contribution in [2.45, 2.75) is 45.4 Å². The third kappa shape index (κ3) is 5.38. The Kier molecular flexibility index (Phi) is 7.12. The fraction of sp³-hybridized carbons (Fsp3) is 0.375. The molecule has 0 atom stereocenters. The van der Waals surface area contributed by atoms with Crippen LogP contribution in [0.5, 0.6) is 0 Å². The summed E-state index contributed by atoms with van der Waals surface area (Å²) in [6, 6.07) is 18.7. The Morgan fingerprint density at radius 2 is 1.75 bits per heavy atom. The van der Waals surface area contributed by atoms with Gasteiger partial charge in [-0.05, 0) is 62.3 Å². The number of fused-ring (bicyclic) bond motifs is 1. The maximum absolute atomic E-state index is 11.3. The summed E-state index contributed by atoms with van der Waals surface area (Å²) >= 11 is 0. The number of nitrogens with zero attached hydrogens (tertiary/aromatic N) is 1. The summed E-state index contributed by atoms with van der Waals surface area (Å²) in [6.07, 6.45) is 6.16. The molecule has 0 bridgehead atoms. The first-order valence-corrected chi connectivity index (χ1v) is 10.3. The molecule has 0 aliphatic heterocycles. The van der Waals surface area contributed by atoms with E-state index in [1.165, 1.54) is 16.5 Å². The van der Waals surface area contributed by atoms with E-state index in [4.69, 9.17) is 10.2 Å². The quantitative estimate of drug-likeness (QED) is 0.485. The van der Waals surface area contributed by atoms with Crippen molar-refractivity contribution < 1.29 is 9.21 Å². The van der Waals surface area contributed by atoms with Crippen molar-refractivity contribution in [1.82, 2.24) is 4.90 Å². The highest BCUT2D eigenvalue weighted by Gasteiger charge is 2.10. The second-order valence-corrected chi connectivity index (χ2v) is 7.26. The van der Waals surface area contributed by atoms with E-state index in [-0.39, 0.29) is 6.03 Å². The Bertz CT molecular complexity index is 886. The fourth-order valence-electron chi connectivity index (χ4n) is 3.67. The summed E-state index contributed by atoms with van der Waals surface area (Å²) < 4.78 is 6.06. The van der Waals surface area contributed by atoms with Crippen LogP contribution in [0, 0.1) is 0 Å². The molecule has 1 aromatic heterocycles. The number of urea groups is 1. The van der Waals surface area contributed by atoms with Gasteiger partial charge in [-0.2, -0.15) is 0 Å². The monoisotopic (exact) mass is 378 g/mol. The van der Waals surface area contributed by atoms with Crippen LogP contribution in [0.25, 0.3) is 11.0 Å². The molecule has 2 aromatic carbocycles. The number of carbonyl (C=O) groups excluding carboxylic acids is 1. The lowest BCUT2D eigenvalue weighted by molar-refractivity contribution is 0.209. The first-order valence-electron chi connectivity index (χ1n) is 10.3. The van der Waals surface area contributed by atoms with Crippen molar-refractivity contribution in [3.05, 3.63) is 71.5 Å². The smallest absolute Gasteiger partial charge is 0.314 e. The minimum Gasteiger partial charge on any atom is -0.461 e. The average molecular weight is 379 g/mol. The molecule has 3 rings (SSSR count). The van der Waals surface area contributed by atoms with Crippen molar-refractivity contribution in [2.24, 2.45) is 5.73 Å². The van der Waals surface area contributed by atoms with Crippen LogP contribution in [0.15, 0.2) is 59.0 Å². The summed E-state index contributed by atoms with van der Waals surface area (Å²) in [7, 11) is 0. The number of furan rings is 1. The molecular formula is C24H30N2O2. The third-order valence-corrected chi connectivity index (χ3v) is 5.25. The van der Waals surface area contributed by atoms with E-state index in [1.807, 2.05) is 19.1 Å². The van der Waals surface area contributed by atoms with Gasteiger partial charge in [-0.1, -0.05) is 42.5 Å². The molecule has 28 heavy (non-hydrogen) atoms. The second kappa shape index (κ2) is 9.98. The predicted molar refractivity (Wildman–Crippen MR) is 114 cm³/mol. The standard InChI is InChI=1S/C24H30N2O2/c1-2-26(24(25)27)17-9-14-20-13-8-16-23-22(20)18-21(28-23)15-7-6-12-19-10-4-3-5-11-19/h3-5,8,10-11,13,16,18H,2,6-7,9,12,14-15,17H2,1H3,(H2,25,27). The summed E-state index contributed by atoms with van der Waals surface area (Å²) in [4.78, 5) is 13.0. The second-order valence-electron chi connectivity index (χ2n) is 7.26. The van der Waals surface area contributed by atoms with Gasteiger partial charge in [-0.25, -0.2) is 4.79 Å². The molecule has 0 fully saturated rings. The first-order chi connectivity index (χ1) is 13.7.